The van der Waals surface area contributed by atoms with Crippen molar-refractivity contribution in [3.05, 3.63) is 77.4 Å². The number of hydrogen-bond donors (Lipinski definition) is 0. The van der Waals surface area contributed by atoms with Crippen molar-refractivity contribution in [2.45, 2.75) is 20.0 Å². The zero-order valence-corrected chi connectivity index (χ0v) is 22.6. The molecule has 0 saturated carbocycles. The average molecular weight is 520 g/mol. The Balaban J connectivity index is 0.00000216. The number of nitrogens with zero attached hydrogens (tertiary/aromatic N) is 2. The van der Waals surface area contributed by atoms with Crippen LogP contribution in [0, 0.1) is 6.92 Å². The van der Waals surface area contributed by atoms with Gasteiger partial charge in [0.05, 0.1) is 21.3 Å². The normalized spacial score (nSPS) is 13.9. The van der Waals surface area contributed by atoms with Crippen LogP contribution in [-0.2, 0) is 13.1 Å². The molecule has 0 spiro atoms. The van der Waals surface area contributed by atoms with Crippen LogP contribution in [0.15, 0.2) is 60.7 Å². The second-order valence-corrected chi connectivity index (χ2v) is 8.61. The molecule has 0 aromatic heterocycles. The maximum Gasteiger partial charge on any atom is 0.203 e. The highest BCUT2D eigenvalue weighted by atomic mass is 35.5. The SMILES string of the molecule is COc1ccc(CN2CCN(Cc3ccc(-c4ccc(C)cc4)cc3)CC2)c(OC)c1OC.Cl.Cl. The summed E-state index contributed by atoms with van der Waals surface area (Å²) in [6.45, 7) is 8.10. The first-order valence-corrected chi connectivity index (χ1v) is 11.5. The largest absolute Gasteiger partial charge is 0.493 e. The van der Waals surface area contributed by atoms with Gasteiger partial charge in [-0.2, -0.15) is 0 Å². The summed E-state index contributed by atoms with van der Waals surface area (Å²) in [4.78, 5) is 5.00. The maximum atomic E-state index is 5.66. The third-order valence-electron chi connectivity index (χ3n) is 6.39. The van der Waals surface area contributed by atoms with E-state index >= 15 is 0 Å². The van der Waals surface area contributed by atoms with E-state index in [1.165, 1.54) is 22.3 Å². The molecule has 0 N–H and O–H groups in total. The fourth-order valence-electron chi connectivity index (χ4n) is 4.44. The predicted molar refractivity (Wildman–Crippen MR) is 148 cm³/mol. The van der Waals surface area contributed by atoms with Crippen LogP contribution in [0.25, 0.3) is 11.1 Å². The van der Waals surface area contributed by atoms with Crippen molar-refractivity contribution in [1.82, 2.24) is 9.80 Å². The zero-order chi connectivity index (χ0) is 23.2. The van der Waals surface area contributed by atoms with Crippen LogP contribution in [0.1, 0.15) is 16.7 Å². The molecule has 1 aliphatic heterocycles. The number of piperazine rings is 1. The second-order valence-electron chi connectivity index (χ2n) is 8.61. The van der Waals surface area contributed by atoms with Crippen LogP contribution in [0.4, 0.5) is 0 Å². The number of rotatable bonds is 8. The summed E-state index contributed by atoms with van der Waals surface area (Å²) in [6, 6.07) is 21.7. The fraction of sp³-hybridized carbons (Fsp3) is 0.357. The van der Waals surface area contributed by atoms with E-state index in [4.69, 9.17) is 14.2 Å². The number of aryl methyl sites for hydroxylation is 1. The van der Waals surface area contributed by atoms with Gasteiger partial charge in [-0.1, -0.05) is 60.2 Å². The molecule has 3 aromatic carbocycles. The van der Waals surface area contributed by atoms with Crippen LogP contribution < -0.4 is 14.2 Å². The number of halogens is 2. The Labute approximate surface area is 221 Å². The molecular weight excluding hydrogens is 483 g/mol. The number of hydrogen-bond acceptors (Lipinski definition) is 5. The van der Waals surface area contributed by atoms with Crippen molar-refractivity contribution < 1.29 is 14.2 Å². The lowest BCUT2D eigenvalue weighted by Crippen LogP contribution is -2.45. The van der Waals surface area contributed by atoms with Crippen molar-refractivity contribution in [1.29, 1.82) is 0 Å². The lowest BCUT2D eigenvalue weighted by atomic mass is 10.0. The first kappa shape index (κ1) is 28.8. The maximum absolute atomic E-state index is 5.66. The van der Waals surface area contributed by atoms with E-state index in [0.29, 0.717) is 11.5 Å². The van der Waals surface area contributed by atoms with Gasteiger partial charge in [-0.25, -0.2) is 0 Å². The van der Waals surface area contributed by atoms with Crippen molar-refractivity contribution in [3.8, 4) is 28.4 Å². The minimum Gasteiger partial charge on any atom is -0.493 e. The van der Waals surface area contributed by atoms with Crippen molar-refractivity contribution >= 4 is 24.8 Å². The lowest BCUT2D eigenvalue weighted by Gasteiger charge is -2.35. The van der Waals surface area contributed by atoms with Gasteiger partial charge >= 0.3 is 0 Å². The highest BCUT2D eigenvalue weighted by Crippen LogP contribution is 2.40. The van der Waals surface area contributed by atoms with E-state index in [0.717, 1.165) is 50.6 Å². The molecule has 4 rings (SSSR count). The van der Waals surface area contributed by atoms with Gasteiger partial charge in [-0.3, -0.25) is 9.80 Å². The number of methoxy groups -OCH3 is 3. The van der Waals surface area contributed by atoms with E-state index in [2.05, 4.69) is 71.3 Å². The van der Waals surface area contributed by atoms with E-state index in [9.17, 15) is 0 Å². The molecule has 0 radical (unpaired) electrons. The highest BCUT2D eigenvalue weighted by Gasteiger charge is 2.21. The molecule has 1 aliphatic rings. The minimum atomic E-state index is 0. The summed E-state index contributed by atoms with van der Waals surface area (Å²) in [5.74, 6) is 2.11. The molecule has 0 amide bonds. The first-order chi connectivity index (χ1) is 16.1. The molecule has 190 valence electrons. The zero-order valence-electron chi connectivity index (χ0n) is 21.0. The van der Waals surface area contributed by atoms with E-state index in [1.807, 2.05) is 6.07 Å². The Morgan fingerprint density at radius 1 is 0.600 bits per heavy atom. The van der Waals surface area contributed by atoms with Gasteiger partial charge in [-0.15, -0.1) is 24.8 Å². The standard InChI is InChI=1S/C28H34N2O3.2ClH/c1-21-5-9-23(10-6-21)24-11-7-22(8-12-24)19-29-15-17-30(18-16-29)20-25-13-14-26(31-2)28(33-4)27(25)32-3;;/h5-14H,15-20H2,1-4H3;2*1H. The monoisotopic (exact) mass is 518 g/mol. The molecule has 1 fully saturated rings. The van der Waals surface area contributed by atoms with E-state index in [1.54, 1.807) is 21.3 Å². The number of ether oxygens (including phenoxy) is 3. The van der Waals surface area contributed by atoms with Gasteiger partial charge in [0, 0.05) is 44.8 Å². The molecule has 1 heterocycles. The van der Waals surface area contributed by atoms with Gasteiger partial charge in [-0.05, 0) is 29.7 Å². The van der Waals surface area contributed by atoms with Gasteiger partial charge in [0.2, 0.25) is 5.75 Å². The molecule has 0 atom stereocenters. The van der Waals surface area contributed by atoms with Crippen LogP contribution >= 0.6 is 24.8 Å². The fourth-order valence-corrected chi connectivity index (χ4v) is 4.44. The van der Waals surface area contributed by atoms with Crippen molar-refractivity contribution in [2.24, 2.45) is 0 Å². The van der Waals surface area contributed by atoms with Crippen LogP contribution in [0.3, 0.4) is 0 Å². The molecule has 0 bridgehead atoms. The smallest absolute Gasteiger partial charge is 0.203 e. The van der Waals surface area contributed by atoms with Gasteiger partial charge < -0.3 is 14.2 Å². The molecular formula is C28H36Cl2N2O3. The van der Waals surface area contributed by atoms with Crippen LogP contribution in [-0.4, -0.2) is 57.3 Å². The molecule has 35 heavy (non-hydrogen) atoms. The quantitative estimate of drug-likeness (QED) is 0.373. The average Bonchev–Trinajstić information content (AvgIpc) is 2.86. The Morgan fingerprint density at radius 3 is 1.63 bits per heavy atom. The van der Waals surface area contributed by atoms with Crippen molar-refractivity contribution in [3.63, 3.8) is 0 Å². The van der Waals surface area contributed by atoms with Gasteiger partial charge in [0.15, 0.2) is 11.5 Å². The molecule has 0 unspecified atom stereocenters. The Kier molecular flexibility index (Phi) is 11.2. The third kappa shape index (κ3) is 7.05. The van der Waals surface area contributed by atoms with E-state index in [-0.39, 0.29) is 24.8 Å². The Bertz CT molecular complexity index is 1050. The number of benzene rings is 3. The highest BCUT2D eigenvalue weighted by molar-refractivity contribution is 5.85. The molecule has 7 heteroatoms. The predicted octanol–water partition coefficient (Wildman–Crippen LogP) is 5.85. The molecule has 1 saturated heterocycles. The van der Waals surface area contributed by atoms with Gasteiger partial charge in [0.1, 0.15) is 0 Å². The summed E-state index contributed by atoms with van der Waals surface area (Å²) < 4.78 is 16.6. The second kappa shape index (κ2) is 13.6. The Hall–Kier alpha value is -2.44. The van der Waals surface area contributed by atoms with Crippen molar-refractivity contribution in [2.75, 3.05) is 47.5 Å². The topological polar surface area (TPSA) is 34.2 Å². The van der Waals surface area contributed by atoms with Gasteiger partial charge in [0.25, 0.3) is 0 Å². The molecule has 3 aromatic rings. The van der Waals surface area contributed by atoms with Crippen LogP contribution in [0.2, 0.25) is 0 Å². The summed E-state index contributed by atoms with van der Waals surface area (Å²) in [5.41, 5.74) is 6.31. The minimum absolute atomic E-state index is 0. The van der Waals surface area contributed by atoms with Crippen LogP contribution in [0.5, 0.6) is 17.2 Å². The summed E-state index contributed by atoms with van der Waals surface area (Å²) in [5, 5.41) is 0. The molecule has 5 nitrogen and oxygen atoms in total. The van der Waals surface area contributed by atoms with E-state index < -0.39 is 0 Å². The summed E-state index contributed by atoms with van der Waals surface area (Å²) in [7, 11) is 4.98. The first-order valence-electron chi connectivity index (χ1n) is 11.5. The summed E-state index contributed by atoms with van der Waals surface area (Å²) >= 11 is 0. The molecule has 0 aliphatic carbocycles. The third-order valence-corrected chi connectivity index (χ3v) is 6.39. The Morgan fingerprint density at radius 2 is 1.11 bits per heavy atom. The summed E-state index contributed by atoms with van der Waals surface area (Å²) in [6.07, 6.45) is 0. The lowest BCUT2D eigenvalue weighted by molar-refractivity contribution is 0.121.